The van der Waals surface area contributed by atoms with Gasteiger partial charge in [-0.25, -0.2) is 0 Å². The zero-order chi connectivity index (χ0) is 14.6. The molecule has 0 aliphatic carbocycles. The lowest BCUT2D eigenvalue weighted by molar-refractivity contribution is -0.384. The van der Waals surface area contributed by atoms with Crippen LogP contribution in [0.2, 0.25) is 0 Å². The molecule has 1 atom stereocenters. The summed E-state index contributed by atoms with van der Waals surface area (Å²) in [6.45, 7) is 3.90. The number of hydrogen-bond acceptors (Lipinski definition) is 5. The molecule has 0 saturated heterocycles. The van der Waals surface area contributed by atoms with Crippen LogP contribution in [0.4, 0.5) is 5.69 Å². The van der Waals surface area contributed by atoms with Crippen LogP contribution < -0.4 is 16.2 Å². The highest BCUT2D eigenvalue weighted by Gasteiger charge is 2.20. The van der Waals surface area contributed by atoms with Gasteiger partial charge in [0.2, 0.25) is 0 Å². The highest BCUT2D eigenvalue weighted by molar-refractivity contribution is 5.96. The predicted molar refractivity (Wildman–Crippen MR) is 70.0 cm³/mol. The Hall–Kier alpha value is -2.15. The molecule has 1 aromatic rings. The first-order valence-corrected chi connectivity index (χ1v) is 5.77. The zero-order valence-electron chi connectivity index (χ0n) is 10.9. The second kappa shape index (κ2) is 5.66. The topological polar surface area (TPSA) is 121 Å². The Bertz CT molecular complexity index is 500. The van der Waals surface area contributed by atoms with E-state index in [1.165, 1.54) is 12.1 Å². The molecule has 4 N–H and O–H groups in total. The summed E-state index contributed by atoms with van der Waals surface area (Å²) in [5.41, 5.74) is 10.3. The molecule has 1 unspecified atom stereocenters. The summed E-state index contributed by atoms with van der Waals surface area (Å²) in [7, 11) is 0. The van der Waals surface area contributed by atoms with E-state index >= 15 is 0 Å². The molecular formula is C12H17N3O4. The summed E-state index contributed by atoms with van der Waals surface area (Å²) in [6.07, 6.45) is 0.686. The van der Waals surface area contributed by atoms with Gasteiger partial charge in [-0.1, -0.05) is 6.92 Å². The van der Waals surface area contributed by atoms with Crippen molar-refractivity contribution in [3.8, 4) is 5.75 Å². The van der Waals surface area contributed by atoms with E-state index in [1.54, 1.807) is 0 Å². The summed E-state index contributed by atoms with van der Waals surface area (Å²) < 4.78 is 5.44. The van der Waals surface area contributed by atoms with Crippen LogP contribution in [0, 0.1) is 10.1 Å². The van der Waals surface area contributed by atoms with Crippen molar-refractivity contribution < 1.29 is 14.5 Å². The molecule has 0 heterocycles. The van der Waals surface area contributed by atoms with Gasteiger partial charge in [0.15, 0.2) is 0 Å². The second-order valence-corrected chi connectivity index (χ2v) is 4.60. The number of hydrogen-bond donors (Lipinski definition) is 2. The van der Waals surface area contributed by atoms with E-state index in [2.05, 4.69) is 0 Å². The van der Waals surface area contributed by atoms with Crippen molar-refractivity contribution in [2.75, 3.05) is 6.61 Å². The normalized spacial score (nSPS) is 13.6. The lowest BCUT2D eigenvalue weighted by Gasteiger charge is -2.23. The third kappa shape index (κ3) is 3.92. The highest BCUT2D eigenvalue weighted by atomic mass is 16.6. The van der Waals surface area contributed by atoms with Crippen molar-refractivity contribution in [1.82, 2.24) is 0 Å². The number of nitro groups is 1. The Labute approximate surface area is 110 Å². The maximum atomic E-state index is 11.3. The lowest BCUT2D eigenvalue weighted by atomic mass is 10.0. The molecule has 0 aliphatic heterocycles. The quantitative estimate of drug-likeness (QED) is 0.592. The van der Waals surface area contributed by atoms with E-state index in [9.17, 15) is 14.9 Å². The molecular weight excluding hydrogens is 250 g/mol. The third-order valence-electron chi connectivity index (χ3n) is 2.80. The van der Waals surface area contributed by atoms with Gasteiger partial charge in [-0.2, -0.15) is 0 Å². The van der Waals surface area contributed by atoms with Crippen LogP contribution in [-0.4, -0.2) is 23.0 Å². The summed E-state index contributed by atoms with van der Waals surface area (Å²) in [5, 5.41) is 10.6. The van der Waals surface area contributed by atoms with Gasteiger partial charge in [0.1, 0.15) is 12.4 Å². The molecule has 0 radical (unpaired) electrons. The minimum Gasteiger partial charge on any atom is -0.491 e. The highest BCUT2D eigenvalue weighted by Crippen LogP contribution is 2.24. The molecule has 7 heteroatoms. The Morgan fingerprint density at radius 2 is 2.16 bits per heavy atom. The first kappa shape index (κ1) is 14.9. The van der Waals surface area contributed by atoms with E-state index in [0.717, 1.165) is 6.07 Å². The van der Waals surface area contributed by atoms with E-state index in [0.29, 0.717) is 6.42 Å². The first-order valence-electron chi connectivity index (χ1n) is 5.77. The number of ether oxygens (including phenoxy) is 1. The first-order chi connectivity index (χ1) is 8.76. The number of carbonyl (C=O) groups is 1. The van der Waals surface area contributed by atoms with E-state index < -0.39 is 16.4 Å². The van der Waals surface area contributed by atoms with E-state index in [4.69, 9.17) is 16.2 Å². The molecule has 19 heavy (non-hydrogen) atoms. The van der Waals surface area contributed by atoms with Crippen LogP contribution in [0.3, 0.4) is 0 Å². The Kier molecular flexibility index (Phi) is 4.44. The number of nitrogens with zero attached hydrogens (tertiary/aromatic N) is 1. The number of non-ortho nitro benzene ring substituents is 1. The maximum absolute atomic E-state index is 11.3. The fraction of sp³-hybridized carbons (Fsp3) is 0.417. The van der Waals surface area contributed by atoms with E-state index in [-0.39, 0.29) is 23.6 Å². The molecule has 1 rings (SSSR count). The fourth-order valence-corrected chi connectivity index (χ4v) is 1.29. The molecule has 0 bridgehead atoms. The average molecular weight is 267 g/mol. The molecule has 1 amide bonds. The Morgan fingerprint density at radius 3 is 2.63 bits per heavy atom. The molecule has 7 nitrogen and oxygen atoms in total. The number of primary amides is 1. The Morgan fingerprint density at radius 1 is 1.53 bits per heavy atom. The van der Waals surface area contributed by atoms with Crippen molar-refractivity contribution >= 4 is 11.6 Å². The van der Waals surface area contributed by atoms with E-state index in [1.807, 2.05) is 13.8 Å². The van der Waals surface area contributed by atoms with Crippen LogP contribution in [0.25, 0.3) is 0 Å². The minimum absolute atomic E-state index is 0.0268. The van der Waals surface area contributed by atoms with Crippen molar-refractivity contribution in [2.24, 2.45) is 11.5 Å². The number of nitro benzene ring substituents is 1. The Balaban J connectivity index is 3.01. The summed E-state index contributed by atoms with van der Waals surface area (Å²) >= 11 is 0. The lowest BCUT2D eigenvalue weighted by Crippen LogP contribution is -2.41. The summed E-state index contributed by atoms with van der Waals surface area (Å²) in [5.74, 6) is -0.586. The number of amides is 1. The van der Waals surface area contributed by atoms with Crippen LogP contribution in [0.5, 0.6) is 5.75 Å². The van der Waals surface area contributed by atoms with Gasteiger partial charge in [0.05, 0.1) is 10.5 Å². The van der Waals surface area contributed by atoms with Gasteiger partial charge >= 0.3 is 0 Å². The molecule has 0 spiro atoms. The van der Waals surface area contributed by atoms with Gasteiger partial charge < -0.3 is 16.2 Å². The average Bonchev–Trinajstić information content (AvgIpc) is 2.36. The molecule has 1 aromatic carbocycles. The molecule has 0 aliphatic rings. The molecule has 0 fully saturated rings. The third-order valence-corrected chi connectivity index (χ3v) is 2.80. The van der Waals surface area contributed by atoms with Crippen molar-refractivity contribution in [3.63, 3.8) is 0 Å². The molecule has 0 aromatic heterocycles. The number of carbonyl (C=O) groups excluding carboxylic acids is 1. The number of benzene rings is 1. The smallest absolute Gasteiger partial charge is 0.270 e. The van der Waals surface area contributed by atoms with Crippen molar-refractivity contribution in [2.45, 2.75) is 25.8 Å². The van der Waals surface area contributed by atoms with Crippen molar-refractivity contribution in [3.05, 3.63) is 33.9 Å². The minimum atomic E-state index is -0.783. The van der Waals surface area contributed by atoms with Gasteiger partial charge in [-0.3, -0.25) is 14.9 Å². The zero-order valence-corrected chi connectivity index (χ0v) is 10.9. The monoisotopic (exact) mass is 267 g/mol. The largest absolute Gasteiger partial charge is 0.491 e. The van der Waals surface area contributed by atoms with Gasteiger partial charge in [-0.05, 0) is 19.4 Å². The second-order valence-electron chi connectivity index (χ2n) is 4.60. The maximum Gasteiger partial charge on any atom is 0.270 e. The predicted octanol–water partition coefficient (Wildman–Crippen LogP) is 1.20. The summed E-state index contributed by atoms with van der Waals surface area (Å²) in [6, 6.07) is 3.70. The molecule has 104 valence electrons. The fourth-order valence-electron chi connectivity index (χ4n) is 1.29. The van der Waals surface area contributed by atoms with Crippen LogP contribution in [0.15, 0.2) is 18.2 Å². The standard InChI is InChI=1S/C12H17N3O4/c1-3-12(2,14)7-19-10-5-4-8(15(17)18)6-9(10)11(13)16/h4-6H,3,7,14H2,1-2H3,(H2,13,16). The van der Waals surface area contributed by atoms with Gasteiger partial charge in [0, 0.05) is 17.7 Å². The molecule has 0 saturated carbocycles. The number of rotatable bonds is 6. The summed E-state index contributed by atoms with van der Waals surface area (Å²) in [4.78, 5) is 21.3. The van der Waals surface area contributed by atoms with Gasteiger partial charge in [0.25, 0.3) is 11.6 Å². The van der Waals surface area contributed by atoms with Crippen LogP contribution in [0.1, 0.15) is 30.6 Å². The van der Waals surface area contributed by atoms with Crippen LogP contribution in [-0.2, 0) is 0 Å². The van der Waals surface area contributed by atoms with Gasteiger partial charge in [-0.15, -0.1) is 0 Å². The SMILES string of the molecule is CCC(C)(N)COc1ccc([N+](=O)[O-])cc1C(N)=O. The number of nitrogens with two attached hydrogens (primary N) is 2. The van der Waals surface area contributed by atoms with Crippen LogP contribution >= 0.6 is 0 Å². The van der Waals surface area contributed by atoms with Crippen molar-refractivity contribution in [1.29, 1.82) is 0 Å².